The maximum absolute atomic E-state index is 12.4. The van der Waals surface area contributed by atoms with Crippen LogP contribution in [0.2, 0.25) is 0 Å². The maximum atomic E-state index is 12.4. The number of nitrogens with one attached hydrogen (secondary N) is 2. The highest BCUT2D eigenvalue weighted by Gasteiger charge is 2.23. The van der Waals surface area contributed by atoms with Crippen molar-refractivity contribution in [3.05, 3.63) is 16.5 Å². The van der Waals surface area contributed by atoms with Crippen LogP contribution in [-0.4, -0.2) is 21.0 Å². The molecule has 21 heavy (non-hydrogen) atoms. The molecule has 1 aromatic rings. The number of aryl methyl sites for hydroxylation is 1. The van der Waals surface area contributed by atoms with E-state index in [-0.39, 0.29) is 5.41 Å². The minimum atomic E-state index is -3.40. The third-order valence-corrected chi connectivity index (χ3v) is 6.74. The molecule has 0 bridgehead atoms. The first kappa shape index (κ1) is 18.6. The summed E-state index contributed by atoms with van der Waals surface area (Å²) in [6.07, 6.45) is 0.933. The molecule has 0 saturated heterocycles. The number of sulfonamides is 1. The molecule has 4 nitrogen and oxygen atoms in total. The van der Waals surface area contributed by atoms with Crippen molar-refractivity contribution in [2.75, 3.05) is 6.54 Å². The van der Waals surface area contributed by atoms with E-state index in [1.165, 1.54) is 11.3 Å². The number of thiophene rings is 1. The molecule has 0 aliphatic heterocycles. The Morgan fingerprint density at radius 2 is 1.95 bits per heavy atom. The van der Waals surface area contributed by atoms with E-state index in [4.69, 9.17) is 0 Å². The van der Waals surface area contributed by atoms with Gasteiger partial charge in [0.05, 0.1) is 0 Å². The van der Waals surface area contributed by atoms with Crippen LogP contribution in [0.1, 0.15) is 51.5 Å². The van der Waals surface area contributed by atoms with E-state index >= 15 is 0 Å². The molecule has 0 saturated carbocycles. The molecule has 0 amide bonds. The highest BCUT2D eigenvalue weighted by molar-refractivity contribution is 7.91. The molecule has 1 aromatic heterocycles. The average Bonchev–Trinajstić information content (AvgIpc) is 2.76. The van der Waals surface area contributed by atoms with Gasteiger partial charge in [-0.25, -0.2) is 13.1 Å². The quantitative estimate of drug-likeness (QED) is 0.768. The summed E-state index contributed by atoms with van der Waals surface area (Å²) in [6.45, 7) is 13.5. The van der Waals surface area contributed by atoms with E-state index in [0.717, 1.165) is 16.9 Å². The van der Waals surface area contributed by atoms with E-state index in [1.54, 1.807) is 6.07 Å². The molecular formula is C15H28N2O2S2. The lowest BCUT2D eigenvalue weighted by Gasteiger charge is -2.22. The van der Waals surface area contributed by atoms with Crippen molar-refractivity contribution in [2.45, 2.75) is 64.8 Å². The Bertz CT molecular complexity index is 560. The van der Waals surface area contributed by atoms with E-state index in [9.17, 15) is 8.42 Å². The van der Waals surface area contributed by atoms with Gasteiger partial charge < -0.3 is 5.32 Å². The van der Waals surface area contributed by atoms with Crippen molar-refractivity contribution < 1.29 is 8.42 Å². The lowest BCUT2D eigenvalue weighted by Crippen LogP contribution is -2.33. The number of hydrogen-bond acceptors (Lipinski definition) is 4. The predicted octanol–water partition coefficient (Wildman–Crippen LogP) is 3.27. The summed E-state index contributed by atoms with van der Waals surface area (Å²) in [7, 11) is -3.40. The van der Waals surface area contributed by atoms with Gasteiger partial charge in [-0.2, -0.15) is 0 Å². The topological polar surface area (TPSA) is 58.2 Å². The predicted molar refractivity (Wildman–Crippen MR) is 90.3 cm³/mol. The number of rotatable bonds is 8. The molecule has 0 atom stereocenters. The molecule has 1 rings (SSSR count). The van der Waals surface area contributed by atoms with E-state index in [2.05, 4.69) is 44.7 Å². The normalized spacial score (nSPS) is 13.1. The molecule has 0 aromatic carbocycles. The summed E-state index contributed by atoms with van der Waals surface area (Å²) >= 11 is 1.35. The van der Waals surface area contributed by atoms with Gasteiger partial charge in [0.25, 0.3) is 0 Å². The van der Waals surface area contributed by atoms with Crippen LogP contribution in [-0.2, 0) is 16.6 Å². The van der Waals surface area contributed by atoms with Crippen molar-refractivity contribution in [1.29, 1.82) is 0 Å². The molecule has 6 heteroatoms. The summed E-state index contributed by atoms with van der Waals surface area (Å²) in [5.74, 6) is 0. The fourth-order valence-electron chi connectivity index (χ4n) is 1.58. The van der Waals surface area contributed by atoms with Crippen LogP contribution in [0.25, 0.3) is 0 Å². The van der Waals surface area contributed by atoms with Crippen LogP contribution in [0.4, 0.5) is 0 Å². The van der Waals surface area contributed by atoms with Gasteiger partial charge in [-0.1, -0.05) is 34.6 Å². The van der Waals surface area contributed by atoms with Gasteiger partial charge in [0.2, 0.25) is 10.0 Å². The van der Waals surface area contributed by atoms with Crippen LogP contribution in [0.5, 0.6) is 0 Å². The summed E-state index contributed by atoms with van der Waals surface area (Å²) in [5, 5.41) is 3.33. The summed E-state index contributed by atoms with van der Waals surface area (Å²) < 4.78 is 27.9. The first-order chi connectivity index (χ1) is 9.57. The monoisotopic (exact) mass is 332 g/mol. The number of hydrogen-bond donors (Lipinski definition) is 2. The average molecular weight is 333 g/mol. The Morgan fingerprint density at radius 1 is 1.33 bits per heavy atom. The molecule has 0 radical (unpaired) electrons. The van der Waals surface area contributed by atoms with Gasteiger partial charge in [-0.3, -0.25) is 0 Å². The Balaban J connectivity index is 2.82. The Morgan fingerprint density at radius 3 is 2.48 bits per heavy atom. The Kier molecular flexibility index (Phi) is 6.40. The van der Waals surface area contributed by atoms with Crippen LogP contribution >= 0.6 is 11.3 Å². The smallest absolute Gasteiger partial charge is 0.250 e. The van der Waals surface area contributed by atoms with Crippen molar-refractivity contribution in [3.8, 4) is 0 Å². The standard InChI is InChI=1S/C15H28N2O2S2/c1-7-15(5,6)10-17-21(18,19)14-8-12(4)13(20-14)9-16-11(2)3/h8,11,16-17H,7,9-10H2,1-6H3. The maximum Gasteiger partial charge on any atom is 0.250 e. The zero-order valence-corrected chi connectivity index (χ0v) is 15.5. The molecule has 122 valence electrons. The van der Waals surface area contributed by atoms with Gasteiger partial charge in [0.1, 0.15) is 4.21 Å². The summed E-state index contributed by atoms with van der Waals surface area (Å²) in [4.78, 5) is 1.08. The van der Waals surface area contributed by atoms with E-state index in [0.29, 0.717) is 23.3 Å². The fourth-order valence-corrected chi connectivity index (χ4v) is 4.41. The SMILES string of the molecule is CCC(C)(C)CNS(=O)(=O)c1cc(C)c(CNC(C)C)s1. The first-order valence-electron chi connectivity index (χ1n) is 7.40. The van der Waals surface area contributed by atoms with Gasteiger partial charge in [-0.05, 0) is 30.4 Å². The molecule has 0 aliphatic carbocycles. The van der Waals surface area contributed by atoms with E-state index < -0.39 is 10.0 Å². The minimum absolute atomic E-state index is 0.0264. The molecule has 2 N–H and O–H groups in total. The minimum Gasteiger partial charge on any atom is -0.310 e. The molecule has 0 spiro atoms. The van der Waals surface area contributed by atoms with Crippen LogP contribution in [0, 0.1) is 12.3 Å². The van der Waals surface area contributed by atoms with Gasteiger partial charge >= 0.3 is 0 Å². The summed E-state index contributed by atoms with van der Waals surface area (Å²) in [5.41, 5.74) is 1.00. The molecule has 0 aliphatic rings. The zero-order chi connectivity index (χ0) is 16.3. The van der Waals surface area contributed by atoms with Gasteiger partial charge in [0.15, 0.2) is 0 Å². The third kappa shape index (κ3) is 5.70. The van der Waals surface area contributed by atoms with Gasteiger partial charge in [0, 0.05) is 24.0 Å². The van der Waals surface area contributed by atoms with Crippen LogP contribution in [0.15, 0.2) is 10.3 Å². The second kappa shape index (κ2) is 7.22. The second-order valence-electron chi connectivity index (χ2n) is 6.55. The molecule has 0 fully saturated rings. The van der Waals surface area contributed by atoms with Gasteiger partial charge in [-0.15, -0.1) is 11.3 Å². The van der Waals surface area contributed by atoms with Crippen molar-refractivity contribution in [2.24, 2.45) is 5.41 Å². The largest absolute Gasteiger partial charge is 0.310 e. The highest BCUT2D eigenvalue weighted by atomic mass is 32.2. The van der Waals surface area contributed by atoms with Crippen molar-refractivity contribution >= 4 is 21.4 Å². The lowest BCUT2D eigenvalue weighted by molar-refractivity contribution is 0.350. The van der Waals surface area contributed by atoms with E-state index in [1.807, 2.05) is 6.92 Å². The fraction of sp³-hybridized carbons (Fsp3) is 0.733. The first-order valence-corrected chi connectivity index (χ1v) is 9.70. The lowest BCUT2D eigenvalue weighted by atomic mass is 9.91. The highest BCUT2D eigenvalue weighted by Crippen LogP contribution is 2.27. The Hall–Kier alpha value is -0.430. The molecule has 1 heterocycles. The molecule has 0 unspecified atom stereocenters. The van der Waals surface area contributed by atoms with Crippen molar-refractivity contribution in [1.82, 2.24) is 10.0 Å². The zero-order valence-electron chi connectivity index (χ0n) is 13.9. The second-order valence-corrected chi connectivity index (χ2v) is 9.68. The summed E-state index contributed by atoms with van der Waals surface area (Å²) in [6, 6.07) is 2.15. The third-order valence-electron chi connectivity index (χ3n) is 3.63. The van der Waals surface area contributed by atoms with Crippen LogP contribution < -0.4 is 10.0 Å². The molecular weight excluding hydrogens is 304 g/mol. The van der Waals surface area contributed by atoms with Crippen LogP contribution in [0.3, 0.4) is 0 Å². The Labute approximate surface area is 133 Å². The van der Waals surface area contributed by atoms with Crippen molar-refractivity contribution in [3.63, 3.8) is 0 Å².